The number of hydrogen-bond donors (Lipinski definition) is 0. The zero-order valence-corrected chi connectivity index (χ0v) is 11.1. The summed E-state index contributed by atoms with van der Waals surface area (Å²) in [6.45, 7) is 10.3. The molecule has 0 saturated heterocycles. The van der Waals surface area contributed by atoms with Crippen molar-refractivity contribution in [3.8, 4) is 0 Å². The predicted molar refractivity (Wildman–Crippen MR) is 69.3 cm³/mol. The highest BCUT2D eigenvalue weighted by Crippen LogP contribution is 2.35. The van der Waals surface area contributed by atoms with Crippen LogP contribution in [0.1, 0.15) is 47.5 Å². The van der Waals surface area contributed by atoms with Crippen molar-refractivity contribution >= 4 is 5.78 Å². The van der Waals surface area contributed by atoms with Gasteiger partial charge in [0.1, 0.15) is 0 Å². The molecule has 0 radical (unpaired) electrons. The molecular weight excluding hydrogens is 196 g/mol. The summed E-state index contributed by atoms with van der Waals surface area (Å²) in [5.74, 6) is 0.290. The van der Waals surface area contributed by atoms with Gasteiger partial charge >= 0.3 is 0 Å². The number of hydrogen-bond acceptors (Lipinski definition) is 1. The van der Waals surface area contributed by atoms with Crippen LogP contribution in [0.2, 0.25) is 0 Å². The zero-order valence-electron chi connectivity index (χ0n) is 11.1. The van der Waals surface area contributed by atoms with Crippen LogP contribution >= 0.6 is 0 Å². The number of ketones is 1. The van der Waals surface area contributed by atoms with E-state index in [1.54, 1.807) is 0 Å². The van der Waals surface area contributed by atoms with Gasteiger partial charge in [-0.1, -0.05) is 36.3 Å². The Morgan fingerprint density at radius 3 is 2.56 bits per heavy atom. The lowest BCUT2D eigenvalue weighted by Gasteiger charge is -2.28. The van der Waals surface area contributed by atoms with Gasteiger partial charge in [0.05, 0.1) is 5.41 Å². The molecule has 1 unspecified atom stereocenters. The number of Topliss-reactive ketones (excluding diaryl/α,β-unsaturated/α-hetero) is 1. The number of rotatable bonds is 3. The van der Waals surface area contributed by atoms with Gasteiger partial charge in [-0.05, 0) is 46.1 Å². The standard InChI is InChI=1S/C15H22O/c1-6-13-9-12(4)10-15(5,14(13)16)8-7-11(2)3/h7,9-10H,6,8H2,1-5H3. The number of carbonyl (C=O) groups excluding carboxylic acids is 1. The molecule has 0 N–H and O–H groups in total. The van der Waals surface area contributed by atoms with E-state index in [9.17, 15) is 4.79 Å². The molecule has 0 aliphatic heterocycles. The van der Waals surface area contributed by atoms with Gasteiger partial charge in [0.15, 0.2) is 5.78 Å². The highest BCUT2D eigenvalue weighted by atomic mass is 16.1. The summed E-state index contributed by atoms with van der Waals surface area (Å²) < 4.78 is 0. The topological polar surface area (TPSA) is 17.1 Å². The maximum Gasteiger partial charge on any atom is 0.168 e. The Hall–Kier alpha value is -1.11. The SMILES string of the molecule is CCC1=CC(C)=CC(C)(CC=C(C)C)C1=O. The quantitative estimate of drug-likeness (QED) is 0.648. The van der Waals surface area contributed by atoms with Crippen molar-refractivity contribution in [3.63, 3.8) is 0 Å². The van der Waals surface area contributed by atoms with E-state index in [-0.39, 0.29) is 11.2 Å². The van der Waals surface area contributed by atoms with E-state index in [1.165, 1.54) is 11.1 Å². The third-order valence-corrected chi connectivity index (χ3v) is 3.07. The number of allylic oxidation sites excluding steroid dienone is 6. The fourth-order valence-corrected chi connectivity index (χ4v) is 2.15. The fourth-order valence-electron chi connectivity index (χ4n) is 2.15. The first-order valence-corrected chi connectivity index (χ1v) is 5.97. The molecule has 0 aromatic heterocycles. The molecule has 1 rings (SSSR count). The smallest absolute Gasteiger partial charge is 0.168 e. The summed E-state index contributed by atoms with van der Waals surface area (Å²) in [5.41, 5.74) is 3.11. The first-order chi connectivity index (χ1) is 7.39. The van der Waals surface area contributed by atoms with Crippen LogP contribution in [0, 0.1) is 5.41 Å². The van der Waals surface area contributed by atoms with Crippen LogP contribution in [0.3, 0.4) is 0 Å². The van der Waals surface area contributed by atoms with Crippen LogP contribution in [-0.2, 0) is 4.79 Å². The Morgan fingerprint density at radius 2 is 2.06 bits per heavy atom. The van der Waals surface area contributed by atoms with Crippen molar-refractivity contribution in [2.45, 2.75) is 47.5 Å². The molecule has 0 spiro atoms. The molecule has 1 aliphatic rings. The van der Waals surface area contributed by atoms with Gasteiger partial charge in [0.2, 0.25) is 0 Å². The summed E-state index contributed by atoms with van der Waals surface area (Å²) in [5, 5.41) is 0. The lowest BCUT2D eigenvalue weighted by molar-refractivity contribution is -0.122. The molecule has 1 heteroatoms. The van der Waals surface area contributed by atoms with Gasteiger partial charge < -0.3 is 0 Å². The lowest BCUT2D eigenvalue weighted by Crippen LogP contribution is -2.29. The van der Waals surface area contributed by atoms with E-state index in [1.807, 2.05) is 19.9 Å². The van der Waals surface area contributed by atoms with Crippen molar-refractivity contribution in [1.82, 2.24) is 0 Å². The molecule has 0 aromatic carbocycles. The first-order valence-electron chi connectivity index (χ1n) is 5.97. The monoisotopic (exact) mass is 218 g/mol. The molecule has 1 atom stereocenters. The van der Waals surface area contributed by atoms with Gasteiger partial charge in [-0.15, -0.1) is 0 Å². The second kappa shape index (κ2) is 4.82. The van der Waals surface area contributed by atoms with Crippen LogP contribution in [0.25, 0.3) is 0 Å². The van der Waals surface area contributed by atoms with Gasteiger partial charge in [-0.2, -0.15) is 0 Å². The molecule has 88 valence electrons. The first kappa shape index (κ1) is 13.0. The summed E-state index contributed by atoms with van der Waals surface area (Å²) >= 11 is 0. The highest BCUT2D eigenvalue weighted by Gasteiger charge is 2.33. The Kier molecular flexibility index (Phi) is 3.90. The van der Waals surface area contributed by atoms with E-state index >= 15 is 0 Å². The largest absolute Gasteiger partial charge is 0.294 e. The molecule has 1 aliphatic carbocycles. The minimum absolute atomic E-state index is 0.290. The van der Waals surface area contributed by atoms with Crippen molar-refractivity contribution in [1.29, 1.82) is 0 Å². The average molecular weight is 218 g/mol. The van der Waals surface area contributed by atoms with E-state index in [0.29, 0.717) is 0 Å². The van der Waals surface area contributed by atoms with Gasteiger partial charge in [-0.3, -0.25) is 4.79 Å². The van der Waals surface area contributed by atoms with Gasteiger partial charge in [-0.25, -0.2) is 0 Å². The summed E-state index contributed by atoms with van der Waals surface area (Å²) in [6.07, 6.45) is 7.91. The molecule has 0 aromatic rings. The van der Waals surface area contributed by atoms with Crippen LogP contribution in [0.4, 0.5) is 0 Å². The Labute approximate surface area is 98.9 Å². The lowest BCUT2D eigenvalue weighted by atomic mass is 9.73. The summed E-state index contributed by atoms with van der Waals surface area (Å²) in [4.78, 5) is 12.3. The van der Waals surface area contributed by atoms with Crippen LogP contribution in [0.15, 0.2) is 34.9 Å². The molecular formula is C15H22O. The molecule has 0 amide bonds. The predicted octanol–water partition coefficient (Wildman–Crippen LogP) is 4.21. The third kappa shape index (κ3) is 2.72. The van der Waals surface area contributed by atoms with Crippen LogP contribution < -0.4 is 0 Å². The van der Waals surface area contributed by atoms with Crippen LogP contribution in [0.5, 0.6) is 0 Å². The van der Waals surface area contributed by atoms with E-state index < -0.39 is 0 Å². The Balaban J connectivity index is 3.02. The zero-order chi connectivity index (χ0) is 12.3. The summed E-state index contributed by atoms with van der Waals surface area (Å²) in [6, 6.07) is 0. The van der Waals surface area contributed by atoms with Gasteiger partial charge in [0.25, 0.3) is 0 Å². The van der Waals surface area contributed by atoms with E-state index in [4.69, 9.17) is 0 Å². The van der Waals surface area contributed by atoms with E-state index in [2.05, 4.69) is 32.9 Å². The Morgan fingerprint density at radius 1 is 1.44 bits per heavy atom. The second-order valence-corrected chi connectivity index (χ2v) is 5.14. The average Bonchev–Trinajstić information content (AvgIpc) is 2.21. The third-order valence-electron chi connectivity index (χ3n) is 3.07. The minimum Gasteiger partial charge on any atom is -0.294 e. The Bertz CT molecular complexity index is 378. The van der Waals surface area contributed by atoms with Crippen molar-refractivity contribution < 1.29 is 4.79 Å². The van der Waals surface area contributed by atoms with Crippen molar-refractivity contribution in [2.24, 2.45) is 5.41 Å². The molecule has 0 heterocycles. The van der Waals surface area contributed by atoms with Crippen LogP contribution in [-0.4, -0.2) is 5.78 Å². The van der Waals surface area contributed by atoms with Gasteiger partial charge in [0, 0.05) is 0 Å². The number of carbonyl (C=O) groups is 1. The maximum atomic E-state index is 12.3. The molecule has 0 bridgehead atoms. The fraction of sp³-hybridized carbons (Fsp3) is 0.533. The minimum atomic E-state index is -0.332. The normalized spacial score (nSPS) is 24.9. The molecule has 1 nitrogen and oxygen atoms in total. The molecule has 16 heavy (non-hydrogen) atoms. The summed E-state index contributed by atoms with van der Waals surface area (Å²) in [7, 11) is 0. The molecule has 0 saturated carbocycles. The van der Waals surface area contributed by atoms with Crippen molar-refractivity contribution in [2.75, 3.05) is 0 Å². The highest BCUT2D eigenvalue weighted by molar-refractivity contribution is 6.02. The molecule has 0 fully saturated rings. The second-order valence-electron chi connectivity index (χ2n) is 5.14. The van der Waals surface area contributed by atoms with E-state index in [0.717, 1.165) is 18.4 Å². The van der Waals surface area contributed by atoms with Crippen molar-refractivity contribution in [3.05, 3.63) is 34.9 Å². The maximum absolute atomic E-state index is 12.3.